The Morgan fingerprint density at radius 1 is 1.42 bits per heavy atom. The fourth-order valence-electron chi connectivity index (χ4n) is 1.74. The van der Waals surface area contributed by atoms with Crippen molar-refractivity contribution in [1.82, 2.24) is 4.98 Å². The molecule has 0 aliphatic heterocycles. The van der Waals surface area contributed by atoms with Gasteiger partial charge in [0.15, 0.2) is 5.78 Å². The van der Waals surface area contributed by atoms with Crippen molar-refractivity contribution in [1.29, 1.82) is 0 Å². The smallest absolute Gasteiger partial charge is 0.170 e. The first kappa shape index (κ1) is 13.5. The Hall–Kier alpha value is -1.94. The molecule has 0 amide bonds. The van der Waals surface area contributed by atoms with E-state index in [2.05, 4.69) is 4.98 Å². The van der Waals surface area contributed by atoms with Gasteiger partial charge in [-0.15, -0.1) is 0 Å². The molecule has 2 aromatic rings. The third kappa shape index (κ3) is 3.09. The zero-order valence-corrected chi connectivity index (χ0v) is 11.0. The van der Waals surface area contributed by atoms with Gasteiger partial charge in [0.05, 0.1) is 5.56 Å². The summed E-state index contributed by atoms with van der Waals surface area (Å²) in [7, 11) is 0. The third-order valence-electron chi connectivity index (χ3n) is 2.72. The monoisotopic (exact) mass is 278 g/mol. The van der Waals surface area contributed by atoms with Crippen LogP contribution in [0.4, 0.5) is 10.2 Å². The molecule has 0 bridgehead atoms. The van der Waals surface area contributed by atoms with Crippen LogP contribution in [0.2, 0.25) is 5.02 Å². The van der Waals surface area contributed by atoms with Crippen LogP contribution in [-0.2, 0) is 6.42 Å². The van der Waals surface area contributed by atoms with Crippen LogP contribution in [0.25, 0.3) is 0 Å². The second kappa shape index (κ2) is 5.36. The highest BCUT2D eigenvalue weighted by atomic mass is 35.5. The lowest BCUT2D eigenvalue weighted by Crippen LogP contribution is -2.09. The maximum atomic E-state index is 12.9. The molecule has 0 radical (unpaired) electrons. The molecule has 1 aromatic carbocycles. The third-order valence-corrected chi connectivity index (χ3v) is 3.07. The largest absolute Gasteiger partial charge is 0.383 e. The number of ketones is 1. The van der Waals surface area contributed by atoms with E-state index in [9.17, 15) is 9.18 Å². The number of hydrogen-bond donors (Lipinski definition) is 1. The Morgan fingerprint density at radius 3 is 2.84 bits per heavy atom. The number of benzene rings is 1. The lowest BCUT2D eigenvalue weighted by molar-refractivity contribution is 0.0993. The number of nitrogen functional groups attached to an aromatic ring is 1. The highest BCUT2D eigenvalue weighted by Crippen LogP contribution is 2.20. The molecule has 0 saturated heterocycles. The molecule has 0 unspecified atom stereocenters. The van der Waals surface area contributed by atoms with Gasteiger partial charge >= 0.3 is 0 Å². The number of aromatic nitrogens is 1. The Kier molecular flexibility index (Phi) is 3.81. The second-order valence-electron chi connectivity index (χ2n) is 4.28. The van der Waals surface area contributed by atoms with Crippen molar-refractivity contribution in [2.75, 3.05) is 5.73 Å². The van der Waals surface area contributed by atoms with E-state index in [0.717, 1.165) is 5.56 Å². The summed E-state index contributed by atoms with van der Waals surface area (Å²) in [6.07, 6.45) is 1.66. The summed E-state index contributed by atoms with van der Waals surface area (Å²) in [5, 5.41) is 0.229. The average Bonchev–Trinajstić information content (AvgIpc) is 2.35. The molecule has 5 heteroatoms. The first-order valence-corrected chi connectivity index (χ1v) is 6.04. The number of aryl methyl sites for hydroxylation is 1. The zero-order chi connectivity index (χ0) is 14.0. The van der Waals surface area contributed by atoms with E-state index in [1.807, 2.05) is 6.92 Å². The molecular weight excluding hydrogens is 267 g/mol. The summed E-state index contributed by atoms with van der Waals surface area (Å²) in [4.78, 5) is 16.1. The van der Waals surface area contributed by atoms with Crippen molar-refractivity contribution in [2.24, 2.45) is 0 Å². The van der Waals surface area contributed by atoms with Gasteiger partial charge in [0.1, 0.15) is 11.6 Å². The predicted molar refractivity (Wildman–Crippen MR) is 72.8 cm³/mol. The Morgan fingerprint density at radius 2 is 2.16 bits per heavy atom. The molecule has 1 heterocycles. The summed E-state index contributed by atoms with van der Waals surface area (Å²) in [6, 6.07) is 5.63. The quantitative estimate of drug-likeness (QED) is 0.877. The lowest BCUT2D eigenvalue weighted by atomic mass is 10.0. The average molecular weight is 279 g/mol. The van der Waals surface area contributed by atoms with Crippen molar-refractivity contribution in [3.63, 3.8) is 0 Å². The van der Waals surface area contributed by atoms with Crippen molar-refractivity contribution in [2.45, 2.75) is 13.3 Å². The van der Waals surface area contributed by atoms with Crippen LogP contribution in [0.1, 0.15) is 21.5 Å². The number of carbonyl (C=O) groups excluding carboxylic acids is 1. The van der Waals surface area contributed by atoms with Gasteiger partial charge in [-0.1, -0.05) is 17.7 Å². The normalized spacial score (nSPS) is 10.5. The van der Waals surface area contributed by atoms with E-state index in [-0.39, 0.29) is 23.0 Å². The SMILES string of the molecule is Cc1cnc(N)c(C(=O)Cc2ccc(F)cc2Cl)c1. The lowest BCUT2D eigenvalue weighted by Gasteiger charge is -2.07. The van der Waals surface area contributed by atoms with Crippen LogP contribution >= 0.6 is 11.6 Å². The molecule has 98 valence electrons. The molecule has 0 aliphatic rings. The molecule has 0 spiro atoms. The summed E-state index contributed by atoms with van der Waals surface area (Å²) >= 11 is 5.89. The molecule has 0 aliphatic carbocycles. The maximum absolute atomic E-state index is 12.9. The summed E-state index contributed by atoms with van der Waals surface area (Å²) < 4.78 is 12.9. The number of halogens is 2. The first-order valence-electron chi connectivity index (χ1n) is 5.66. The van der Waals surface area contributed by atoms with Gasteiger partial charge in [-0.3, -0.25) is 4.79 Å². The van der Waals surface area contributed by atoms with Gasteiger partial charge in [0.2, 0.25) is 0 Å². The molecule has 19 heavy (non-hydrogen) atoms. The minimum Gasteiger partial charge on any atom is -0.383 e. The van der Waals surface area contributed by atoms with Crippen LogP contribution in [0.5, 0.6) is 0 Å². The fraction of sp³-hybridized carbons (Fsp3) is 0.143. The summed E-state index contributed by atoms with van der Waals surface area (Å²) in [5.41, 5.74) is 7.46. The van der Waals surface area contributed by atoms with Gasteiger partial charge < -0.3 is 5.73 Å². The van der Waals surface area contributed by atoms with Crippen molar-refractivity contribution in [3.05, 3.63) is 58.0 Å². The molecule has 1 aromatic heterocycles. The van der Waals surface area contributed by atoms with E-state index in [1.165, 1.54) is 18.2 Å². The zero-order valence-electron chi connectivity index (χ0n) is 10.3. The van der Waals surface area contributed by atoms with Gasteiger partial charge in [-0.25, -0.2) is 9.37 Å². The van der Waals surface area contributed by atoms with E-state index in [4.69, 9.17) is 17.3 Å². The minimum absolute atomic E-state index is 0.0639. The highest BCUT2D eigenvalue weighted by molar-refractivity contribution is 6.31. The molecule has 2 rings (SSSR count). The summed E-state index contributed by atoms with van der Waals surface area (Å²) in [6.45, 7) is 1.83. The number of rotatable bonds is 3. The van der Waals surface area contributed by atoms with Crippen LogP contribution < -0.4 is 5.73 Å². The van der Waals surface area contributed by atoms with E-state index in [1.54, 1.807) is 12.3 Å². The molecule has 3 nitrogen and oxygen atoms in total. The number of nitrogens with two attached hydrogens (primary N) is 1. The van der Waals surface area contributed by atoms with Gasteiger partial charge in [0, 0.05) is 17.6 Å². The molecule has 0 fully saturated rings. The van der Waals surface area contributed by atoms with E-state index >= 15 is 0 Å². The topological polar surface area (TPSA) is 56.0 Å². The molecule has 0 atom stereocenters. The minimum atomic E-state index is -0.432. The highest BCUT2D eigenvalue weighted by Gasteiger charge is 2.14. The van der Waals surface area contributed by atoms with Gasteiger partial charge in [0.25, 0.3) is 0 Å². The van der Waals surface area contributed by atoms with Crippen LogP contribution in [0.3, 0.4) is 0 Å². The number of carbonyl (C=O) groups is 1. The van der Waals surface area contributed by atoms with Crippen molar-refractivity contribution < 1.29 is 9.18 Å². The number of pyridine rings is 1. The first-order chi connectivity index (χ1) is 8.97. The Balaban J connectivity index is 2.28. The van der Waals surface area contributed by atoms with Gasteiger partial charge in [-0.05, 0) is 36.2 Å². The van der Waals surface area contributed by atoms with Crippen molar-refractivity contribution in [3.8, 4) is 0 Å². The fourth-order valence-corrected chi connectivity index (χ4v) is 1.97. The van der Waals surface area contributed by atoms with E-state index in [0.29, 0.717) is 11.1 Å². The predicted octanol–water partition coefficient (Wildman–Crippen LogP) is 3.19. The Labute approximate surface area is 115 Å². The van der Waals surface area contributed by atoms with E-state index < -0.39 is 5.82 Å². The number of hydrogen-bond acceptors (Lipinski definition) is 3. The number of anilines is 1. The van der Waals surface area contributed by atoms with Crippen molar-refractivity contribution >= 4 is 23.2 Å². The molecule has 0 saturated carbocycles. The van der Waals surface area contributed by atoms with Gasteiger partial charge in [-0.2, -0.15) is 0 Å². The second-order valence-corrected chi connectivity index (χ2v) is 4.69. The number of Topliss-reactive ketones (excluding diaryl/α,β-unsaturated/α-hetero) is 1. The molecular formula is C14H12ClFN2O. The van der Waals surface area contributed by atoms with Crippen LogP contribution in [0, 0.1) is 12.7 Å². The standard InChI is InChI=1S/C14H12ClFN2O/c1-8-4-11(14(17)18-7-8)13(19)5-9-2-3-10(16)6-12(9)15/h2-4,6-7H,5H2,1H3,(H2,17,18). The van der Waals surface area contributed by atoms with Crippen LogP contribution in [-0.4, -0.2) is 10.8 Å². The number of nitrogens with zero attached hydrogens (tertiary/aromatic N) is 1. The maximum Gasteiger partial charge on any atom is 0.170 e. The Bertz CT molecular complexity index is 643. The summed E-state index contributed by atoms with van der Waals surface area (Å²) in [5.74, 6) is -0.436. The van der Waals surface area contributed by atoms with Crippen LogP contribution in [0.15, 0.2) is 30.5 Å². The molecule has 2 N–H and O–H groups in total.